The molecule has 2 rings (SSSR count). The summed E-state index contributed by atoms with van der Waals surface area (Å²) in [5.74, 6) is 0.975. The van der Waals surface area contributed by atoms with Crippen molar-refractivity contribution in [3.05, 3.63) is 29.3 Å². The Kier molecular flexibility index (Phi) is 6.24. The molecule has 0 amide bonds. The van der Waals surface area contributed by atoms with E-state index in [0.29, 0.717) is 13.2 Å². The molecule has 0 spiro atoms. The average Bonchev–Trinajstić information content (AvgIpc) is 2.45. The minimum Gasteiger partial charge on any atom is -0.493 e. The first kappa shape index (κ1) is 17.3. The molecule has 2 N–H and O–H groups in total. The predicted molar refractivity (Wildman–Crippen MR) is 90.6 cm³/mol. The molecule has 0 aliphatic carbocycles. The summed E-state index contributed by atoms with van der Waals surface area (Å²) in [6.07, 6.45) is 2.91. The van der Waals surface area contributed by atoms with Crippen LogP contribution in [-0.4, -0.2) is 55.4 Å². The Morgan fingerprint density at radius 2 is 2.18 bits per heavy atom. The summed E-state index contributed by atoms with van der Waals surface area (Å²) >= 11 is 0. The molecule has 0 aromatic heterocycles. The minimum absolute atomic E-state index is 0.568. The Morgan fingerprint density at radius 1 is 1.36 bits per heavy atom. The van der Waals surface area contributed by atoms with Crippen molar-refractivity contribution in [2.75, 3.05) is 39.8 Å². The molecule has 1 aliphatic rings. The standard InChI is InChI=1S/C18H30N2O2/c1-15-6-7-17(16(2)12-15)22-11-5-10-20(3)14-18(21)8-4-9-19-13-18/h6-7,12,19,21H,4-5,8-11,13-14H2,1-3H3/t18-/m1/s1. The largest absolute Gasteiger partial charge is 0.493 e. The number of nitrogens with zero attached hydrogens (tertiary/aromatic N) is 1. The third-order valence-corrected chi connectivity index (χ3v) is 4.29. The average molecular weight is 306 g/mol. The maximum atomic E-state index is 10.5. The number of ether oxygens (including phenoxy) is 1. The summed E-state index contributed by atoms with van der Waals surface area (Å²) in [7, 11) is 2.07. The van der Waals surface area contributed by atoms with Gasteiger partial charge in [-0.15, -0.1) is 0 Å². The Hall–Kier alpha value is -1.10. The zero-order valence-corrected chi connectivity index (χ0v) is 14.2. The second-order valence-electron chi connectivity index (χ2n) is 6.71. The zero-order chi connectivity index (χ0) is 16.0. The maximum absolute atomic E-state index is 10.5. The summed E-state index contributed by atoms with van der Waals surface area (Å²) in [5.41, 5.74) is 1.89. The highest BCUT2D eigenvalue weighted by molar-refractivity contribution is 5.35. The van der Waals surface area contributed by atoms with Gasteiger partial charge in [0.1, 0.15) is 5.75 Å². The molecular weight excluding hydrogens is 276 g/mol. The number of aliphatic hydroxyl groups is 1. The molecule has 0 saturated carbocycles. The van der Waals surface area contributed by atoms with Crippen LogP contribution < -0.4 is 10.1 Å². The van der Waals surface area contributed by atoms with Gasteiger partial charge >= 0.3 is 0 Å². The molecule has 0 radical (unpaired) electrons. The van der Waals surface area contributed by atoms with Crippen LogP contribution in [0.15, 0.2) is 18.2 Å². The molecule has 1 saturated heterocycles. The molecule has 4 nitrogen and oxygen atoms in total. The van der Waals surface area contributed by atoms with Crippen molar-refractivity contribution in [2.24, 2.45) is 0 Å². The van der Waals surface area contributed by atoms with E-state index >= 15 is 0 Å². The van der Waals surface area contributed by atoms with Crippen LogP contribution in [0.4, 0.5) is 0 Å². The molecule has 4 heteroatoms. The second kappa shape index (κ2) is 7.95. The monoisotopic (exact) mass is 306 g/mol. The fourth-order valence-corrected chi connectivity index (χ4v) is 3.15. The Morgan fingerprint density at radius 3 is 2.86 bits per heavy atom. The lowest BCUT2D eigenvalue weighted by atomic mass is 9.94. The smallest absolute Gasteiger partial charge is 0.122 e. The third kappa shape index (κ3) is 5.27. The van der Waals surface area contributed by atoms with E-state index in [4.69, 9.17) is 4.74 Å². The molecule has 1 atom stereocenters. The number of piperidine rings is 1. The van der Waals surface area contributed by atoms with Crippen molar-refractivity contribution < 1.29 is 9.84 Å². The highest BCUT2D eigenvalue weighted by Gasteiger charge is 2.30. The first-order valence-corrected chi connectivity index (χ1v) is 8.30. The Labute approximate surface area is 134 Å². The number of likely N-dealkylation sites (N-methyl/N-ethyl adjacent to an activating group) is 1. The predicted octanol–water partition coefficient (Wildman–Crippen LogP) is 2.12. The minimum atomic E-state index is -0.568. The van der Waals surface area contributed by atoms with Gasteiger partial charge in [-0.2, -0.15) is 0 Å². The van der Waals surface area contributed by atoms with Crippen molar-refractivity contribution in [3.63, 3.8) is 0 Å². The van der Waals surface area contributed by atoms with Crippen LogP contribution in [0.1, 0.15) is 30.4 Å². The number of hydrogen-bond donors (Lipinski definition) is 2. The van der Waals surface area contributed by atoms with Gasteiger partial charge in [0.15, 0.2) is 0 Å². The molecular formula is C18H30N2O2. The normalized spacial score (nSPS) is 22.0. The van der Waals surface area contributed by atoms with Crippen molar-refractivity contribution in [3.8, 4) is 5.75 Å². The van der Waals surface area contributed by atoms with E-state index in [1.807, 2.05) is 6.07 Å². The summed E-state index contributed by atoms with van der Waals surface area (Å²) in [5, 5.41) is 13.8. The first-order valence-electron chi connectivity index (χ1n) is 8.30. The van der Waals surface area contributed by atoms with Crippen LogP contribution in [0.2, 0.25) is 0 Å². The van der Waals surface area contributed by atoms with Gasteiger partial charge in [0.25, 0.3) is 0 Å². The van der Waals surface area contributed by atoms with E-state index in [2.05, 4.69) is 43.2 Å². The van der Waals surface area contributed by atoms with E-state index in [9.17, 15) is 5.11 Å². The highest BCUT2D eigenvalue weighted by Crippen LogP contribution is 2.19. The molecule has 1 heterocycles. The SMILES string of the molecule is Cc1ccc(OCCCN(C)C[C@@]2(O)CCCNC2)c(C)c1. The molecule has 22 heavy (non-hydrogen) atoms. The fraction of sp³-hybridized carbons (Fsp3) is 0.667. The molecule has 1 fully saturated rings. The van der Waals surface area contributed by atoms with Gasteiger partial charge in [0.2, 0.25) is 0 Å². The number of aryl methyl sites for hydroxylation is 2. The number of hydrogen-bond acceptors (Lipinski definition) is 4. The molecule has 124 valence electrons. The summed E-state index contributed by atoms with van der Waals surface area (Å²) in [4.78, 5) is 2.21. The van der Waals surface area contributed by atoms with E-state index in [1.165, 1.54) is 11.1 Å². The lowest BCUT2D eigenvalue weighted by Gasteiger charge is -2.36. The second-order valence-corrected chi connectivity index (χ2v) is 6.71. The lowest BCUT2D eigenvalue weighted by molar-refractivity contribution is -0.0103. The zero-order valence-electron chi connectivity index (χ0n) is 14.2. The lowest BCUT2D eigenvalue weighted by Crippen LogP contribution is -2.52. The van der Waals surface area contributed by atoms with Crippen LogP contribution in [0.25, 0.3) is 0 Å². The summed E-state index contributed by atoms with van der Waals surface area (Å²) in [6, 6.07) is 6.28. The van der Waals surface area contributed by atoms with Gasteiger partial charge in [0, 0.05) is 19.6 Å². The number of benzene rings is 1. The number of rotatable bonds is 7. The van der Waals surface area contributed by atoms with Crippen LogP contribution in [0.3, 0.4) is 0 Å². The van der Waals surface area contributed by atoms with Crippen LogP contribution >= 0.6 is 0 Å². The molecule has 0 bridgehead atoms. The van der Waals surface area contributed by atoms with E-state index in [0.717, 1.165) is 44.6 Å². The van der Waals surface area contributed by atoms with Gasteiger partial charge in [-0.25, -0.2) is 0 Å². The van der Waals surface area contributed by atoms with Gasteiger partial charge in [-0.3, -0.25) is 0 Å². The fourth-order valence-electron chi connectivity index (χ4n) is 3.15. The van der Waals surface area contributed by atoms with Crippen LogP contribution in [0.5, 0.6) is 5.75 Å². The maximum Gasteiger partial charge on any atom is 0.122 e. The number of β-amino-alcohol motifs (C(OH)–C–C–N with tert-alkyl or cyclic N) is 1. The van der Waals surface area contributed by atoms with Crippen molar-refractivity contribution in [1.29, 1.82) is 0 Å². The van der Waals surface area contributed by atoms with Gasteiger partial charge in [-0.05, 0) is 58.3 Å². The Bertz CT molecular complexity index is 470. The summed E-state index contributed by atoms with van der Waals surface area (Å²) in [6.45, 7) is 8.28. The molecule has 0 unspecified atom stereocenters. The molecule has 1 aromatic rings. The van der Waals surface area contributed by atoms with Gasteiger partial charge < -0.3 is 20.1 Å². The van der Waals surface area contributed by atoms with Crippen LogP contribution in [-0.2, 0) is 0 Å². The van der Waals surface area contributed by atoms with Crippen LogP contribution in [0, 0.1) is 13.8 Å². The molecule has 1 aromatic carbocycles. The quantitative estimate of drug-likeness (QED) is 0.758. The highest BCUT2D eigenvalue weighted by atomic mass is 16.5. The van der Waals surface area contributed by atoms with Gasteiger partial charge in [-0.1, -0.05) is 17.7 Å². The van der Waals surface area contributed by atoms with E-state index < -0.39 is 5.60 Å². The van der Waals surface area contributed by atoms with E-state index in [1.54, 1.807) is 0 Å². The molecule has 1 aliphatic heterocycles. The van der Waals surface area contributed by atoms with E-state index in [-0.39, 0.29) is 0 Å². The van der Waals surface area contributed by atoms with Crippen molar-refractivity contribution >= 4 is 0 Å². The topological polar surface area (TPSA) is 44.7 Å². The Balaban J connectivity index is 1.67. The third-order valence-electron chi connectivity index (χ3n) is 4.29. The number of nitrogens with one attached hydrogen (secondary N) is 1. The summed E-state index contributed by atoms with van der Waals surface area (Å²) < 4.78 is 5.86. The van der Waals surface area contributed by atoms with Gasteiger partial charge in [0.05, 0.1) is 12.2 Å². The van der Waals surface area contributed by atoms with Crippen molar-refractivity contribution in [1.82, 2.24) is 10.2 Å². The van der Waals surface area contributed by atoms with Crippen molar-refractivity contribution in [2.45, 2.75) is 38.7 Å². The first-order chi connectivity index (χ1) is 10.5.